The number of nitrogens with zero attached hydrogens (tertiary/aromatic N) is 4. The Bertz CT molecular complexity index is 1340. The zero-order valence-electron chi connectivity index (χ0n) is 19.0. The highest BCUT2D eigenvalue weighted by atomic mass is 16.5. The molecular weight excluding hydrogens is 418 g/mol. The van der Waals surface area contributed by atoms with Gasteiger partial charge in [-0.05, 0) is 32.0 Å². The Balaban J connectivity index is 1.51. The van der Waals surface area contributed by atoms with Crippen LogP contribution in [0.3, 0.4) is 0 Å². The molecule has 0 spiro atoms. The number of ether oxygens (including phenoxy) is 2. The number of rotatable bonds is 5. The molecule has 0 unspecified atom stereocenters. The van der Waals surface area contributed by atoms with Gasteiger partial charge in [-0.1, -0.05) is 30.3 Å². The molecule has 0 bridgehead atoms. The molecule has 2 aromatic heterocycles. The number of nitrogens with one attached hydrogen (secondary N) is 1. The van der Waals surface area contributed by atoms with Crippen molar-refractivity contribution in [2.45, 2.75) is 18.9 Å². The van der Waals surface area contributed by atoms with Gasteiger partial charge < -0.3 is 19.4 Å². The molecule has 4 aromatic rings. The molecule has 1 aliphatic rings. The van der Waals surface area contributed by atoms with E-state index in [0.29, 0.717) is 33.9 Å². The molecule has 0 aliphatic carbocycles. The Hall–Kier alpha value is -3.65. The van der Waals surface area contributed by atoms with Gasteiger partial charge >= 0.3 is 0 Å². The zero-order valence-corrected chi connectivity index (χ0v) is 19.0. The summed E-state index contributed by atoms with van der Waals surface area (Å²) < 4.78 is 13.5. The smallest absolute Gasteiger partial charge is 0.262 e. The molecule has 1 aliphatic heterocycles. The third-order valence-corrected chi connectivity index (χ3v) is 6.14. The van der Waals surface area contributed by atoms with Crippen LogP contribution in [-0.2, 0) is 7.05 Å². The van der Waals surface area contributed by atoms with Crippen LogP contribution in [0.2, 0.25) is 0 Å². The van der Waals surface area contributed by atoms with Gasteiger partial charge in [-0.15, -0.1) is 0 Å². The second-order valence-corrected chi connectivity index (χ2v) is 8.43. The first-order valence-electron chi connectivity index (χ1n) is 11.1. The van der Waals surface area contributed by atoms with Crippen molar-refractivity contribution in [2.24, 2.45) is 7.05 Å². The van der Waals surface area contributed by atoms with Crippen molar-refractivity contribution in [3.8, 4) is 34.1 Å². The summed E-state index contributed by atoms with van der Waals surface area (Å²) >= 11 is 0. The average Bonchev–Trinajstić information content (AvgIpc) is 3.18. The van der Waals surface area contributed by atoms with Crippen LogP contribution in [0.15, 0.2) is 53.3 Å². The highest BCUT2D eigenvalue weighted by molar-refractivity contribution is 5.91. The van der Waals surface area contributed by atoms with Gasteiger partial charge in [-0.25, -0.2) is 9.67 Å². The van der Waals surface area contributed by atoms with Crippen molar-refractivity contribution < 1.29 is 9.47 Å². The molecule has 8 heteroatoms. The normalized spacial score (nSPS) is 15.1. The molecule has 170 valence electrons. The number of methoxy groups -OCH3 is 1. The van der Waals surface area contributed by atoms with Gasteiger partial charge in [0.05, 0.1) is 12.7 Å². The largest absolute Gasteiger partial charge is 0.496 e. The minimum absolute atomic E-state index is 0.192. The fourth-order valence-electron chi connectivity index (χ4n) is 4.32. The van der Waals surface area contributed by atoms with Crippen LogP contribution in [0.5, 0.6) is 11.5 Å². The van der Waals surface area contributed by atoms with E-state index in [2.05, 4.69) is 22.0 Å². The monoisotopic (exact) mass is 445 g/mol. The molecule has 3 heterocycles. The van der Waals surface area contributed by atoms with Crippen LogP contribution >= 0.6 is 0 Å². The number of benzene rings is 2. The van der Waals surface area contributed by atoms with Gasteiger partial charge in [-0.3, -0.25) is 4.79 Å². The number of fused-ring (bicyclic) bond motifs is 1. The molecule has 0 saturated carbocycles. The van der Waals surface area contributed by atoms with Crippen LogP contribution in [-0.4, -0.2) is 58.0 Å². The summed E-state index contributed by atoms with van der Waals surface area (Å²) in [4.78, 5) is 23.1. The Labute approximate surface area is 191 Å². The Morgan fingerprint density at radius 1 is 1.06 bits per heavy atom. The molecule has 1 saturated heterocycles. The van der Waals surface area contributed by atoms with E-state index in [-0.39, 0.29) is 11.7 Å². The van der Waals surface area contributed by atoms with Gasteiger partial charge in [0, 0.05) is 31.8 Å². The molecule has 0 atom stereocenters. The summed E-state index contributed by atoms with van der Waals surface area (Å²) in [5.41, 5.74) is 2.45. The van der Waals surface area contributed by atoms with Gasteiger partial charge in [0.1, 0.15) is 34.5 Å². The number of aromatic nitrogens is 4. The Kier molecular flexibility index (Phi) is 5.60. The van der Waals surface area contributed by atoms with E-state index in [1.54, 1.807) is 18.8 Å². The number of hydrogen-bond acceptors (Lipinski definition) is 6. The van der Waals surface area contributed by atoms with Crippen molar-refractivity contribution in [1.29, 1.82) is 0 Å². The van der Waals surface area contributed by atoms with Crippen LogP contribution in [0.25, 0.3) is 33.7 Å². The fourth-order valence-corrected chi connectivity index (χ4v) is 4.32. The molecule has 33 heavy (non-hydrogen) atoms. The Morgan fingerprint density at radius 3 is 2.55 bits per heavy atom. The lowest BCUT2D eigenvalue weighted by Gasteiger charge is -2.29. The first-order valence-corrected chi connectivity index (χ1v) is 11.1. The molecule has 1 fully saturated rings. The first-order chi connectivity index (χ1) is 16.0. The number of aromatic amines is 1. The summed E-state index contributed by atoms with van der Waals surface area (Å²) in [5, 5.41) is 5.03. The molecule has 0 radical (unpaired) electrons. The van der Waals surface area contributed by atoms with E-state index in [1.807, 2.05) is 48.5 Å². The lowest BCUT2D eigenvalue weighted by atomic mass is 10.1. The third-order valence-electron chi connectivity index (χ3n) is 6.14. The van der Waals surface area contributed by atoms with Gasteiger partial charge in [0.15, 0.2) is 5.65 Å². The lowest BCUT2D eigenvalue weighted by molar-refractivity contribution is 0.114. The zero-order chi connectivity index (χ0) is 22.9. The highest BCUT2D eigenvalue weighted by Crippen LogP contribution is 2.33. The van der Waals surface area contributed by atoms with Crippen LogP contribution < -0.4 is 15.0 Å². The minimum Gasteiger partial charge on any atom is -0.496 e. The summed E-state index contributed by atoms with van der Waals surface area (Å²) in [5.74, 6) is 1.77. The molecule has 2 aromatic carbocycles. The molecule has 0 amide bonds. The van der Waals surface area contributed by atoms with Gasteiger partial charge in [0.2, 0.25) is 0 Å². The van der Waals surface area contributed by atoms with Crippen LogP contribution in [0, 0.1) is 0 Å². The van der Waals surface area contributed by atoms with Crippen molar-refractivity contribution in [1.82, 2.24) is 24.6 Å². The summed E-state index contributed by atoms with van der Waals surface area (Å²) in [6.07, 6.45) is 2.18. The quantitative estimate of drug-likeness (QED) is 0.506. The van der Waals surface area contributed by atoms with Gasteiger partial charge in [-0.2, -0.15) is 5.10 Å². The van der Waals surface area contributed by atoms with E-state index in [9.17, 15) is 4.79 Å². The molecular formula is C25H27N5O3. The summed E-state index contributed by atoms with van der Waals surface area (Å²) in [6.45, 7) is 2.06. The SMILES string of the molecule is COc1cc(OC2CCN(C)CC2)ccc1-c1nc2c(c(-c3ccccc3)nn2C)c(=O)[nH]1. The van der Waals surface area contributed by atoms with E-state index in [4.69, 9.17) is 14.5 Å². The molecule has 1 N–H and O–H groups in total. The van der Waals surface area contributed by atoms with E-state index in [0.717, 1.165) is 37.2 Å². The predicted molar refractivity (Wildman–Crippen MR) is 128 cm³/mol. The van der Waals surface area contributed by atoms with E-state index >= 15 is 0 Å². The summed E-state index contributed by atoms with van der Waals surface area (Å²) in [6, 6.07) is 15.3. The van der Waals surface area contributed by atoms with Crippen LogP contribution in [0.1, 0.15) is 12.8 Å². The lowest BCUT2D eigenvalue weighted by Crippen LogP contribution is -2.35. The standard InChI is InChI=1S/C25H27N5O3/c1-29-13-11-17(12-14-29)33-18-9-10-19(20(15-18)32-3)23-26-24-21(25(31)27-23)22(28-30(24)2)16-7-5-4-6-8-16/h4-10,15,17H,11-14H2,1-3H3,(H,26,27,31). The second kappa shape index (κ2) is 8.71. The molecule has 8 nitrogen and oxygen atoms in total. The maximum Gasteiger partial charge on any atom is 0.262 e. The van der Waals surface area contributed by atoms with Crippen molar-refractivity contribution in [3.05, 3.63) is 58.9 Å². The first kappa shape index (κ1) is 21.2. The van der Waals surface area contributed by atoms with Gasteiger partial charge in [0.25, 0.3) is 5.56 Å². The number of piperidine rings is 1. The van der Waals surface area contributed by atoms with Crippen molar-refractivity contribution in [3.63, 3.8) is 0 Å². The number of aryl methyl sites for hydroxylation is 1. The van der Waals surface area contributed by atoms with E-state index in [1.165, 1.54) is 0 Å². The maximum absolute atomic E-state index is 13.1. The number of likely N-dealkylation sites (tertiary alicyclic amines) is 1. The van der Waals surface area contributed by atoms with Crippen molar-refractivity contribution in [2.75, 3.05) is 27.2 Å². The van der Waals surface area contributed by atoms with Crippen molar-refractivity contribution >= 4 is 11.0 Å². The number of H-pyrrole nitrogens is 1. The Morgan fingerprint density at radius 2 is 1.82 bits per heavy atom. The fraction of sp³-hybridized carbons (Fsp3) is 0.320. The average molecular weight is 446 g/mol. The third kappa shape index (κ3) is 4.09. The number of hydrogen-bond donors (Lipinski definition) is 1. The minimum atomic E-state index is -0.240. The van der Waals surface area contributed by atoms with Crippen LogP contribution in [0.4, 0.5) is 0 Å². The van der Waals surface area contributed by atoms with E-state index < -0.39 is 0 Å². The predicted octanol–water partition coefficient (Wildman–Crippen LogP) is 3.47. The topological polar surface area (TPSA) is 85.3 Å². The maximum atomic E-state index is 13.1. The highest BCUT2D eigenvalue weighted by Gasteiger charge is 2.21. The summed E-state index contributed by atoms with van der Waals surface area (Å²) in [7, 11) is 5.52. The molecule has 5 rings (SSSR count). The second-order valence-electron chi connectivity index (χ2n) is 8.43.